The summed E-state index contributed by atoms with van der Waals surface area (Å²) >= 11 is -0.863. The zero-order chi connectivity index (χ0) is 18.6. The predicted octanol–water partition coefficient (Wildman–Crippen LogP) is 1.41. The molecule has 0 saturated carbocycles. The first-order chi connectivity index (χ1) is 12.5. The fourth-order valence-electron chi connectivity index (χ4n) is 2.23. The van der Waals surface area contributed by atoms with E-state index in [0.29, 0.717) is 11.4 Å². The van der Waals surface area contributed by atoms with Crippen LogP contribution in [0.4, 0.5) is 5.69 Å². The van der Waals surface area contributed by atoms with Gasteiger partial charge in [0.2, 0.25) is 0 Å². The minimum absolute atomic E-state index is 0. The van der Waals surface area contributed by atoms with Crippen molar-refractivity contribution in [3.05, 3.63) is 66.9 Å². The van der Waals surface area contributed by atoms with Crippen LogP contribution < -0.4 is 18.3 Å². The summed E-state index contributed by atoms with van der Waals surface area (Å²) in [5.74, 6) is 0.784. The van der Waals surface area contributed by atoms with Gasteiger partial charge in [-0.15, -0.1) is 12.4 Å². The molecular weight excluding hydrogens is 451 g/mol. The number of hydrogen-bond donors (Lipinski definition) is 2. The molecule has 0 aliphatic rings. The molecule has 0 saturated heterocycles. The number of halogens is 1. The van der Waals surface area contributed by atoms with Crippen molar-refractivity contribution in [3.63, 3.8) is 0 Å². The minimum atomic E-state index is -3.73. The summed E-state index contributed by atoms with van der Waals surface area (Å²) in [6.45, 7) is 0. The maximum atomic E-state index is 12.7. The van der Waals surface area contributed by atoms with Crippen molar-refractivity contribution in [1.82, 2.24) is 4.98 Å². The number of ether oxygens (including phenoxy) is 1. The topological polar surface area (TPSA) is 88.5 Å². The van der Waals surface area contributed by atoms with Gasteiger partial charge in [0.15, 0.2) is 0 Å². The molecule has 1 unspecified atom stereocenters. The van der Waals surface area contributed by atoms with Gasteiger partial charge in [-0.25, -0.2) is 0 Å². The van der Waals surface area contributed by atoms with Crippen LogP contribution in [0.1, 0.15) is 0 Å². The van der Waals surface area contributed by atoms with Crippen molar-refractivity contribution >= 4 is 52.7 Å². The molecule has 9 heteroatoms. The first-order valence-corrected chi connectivity index (χ1v) is 11.2. The van der Waals surface area contributed by atoms with E-state index in [1.54, 1.807) is 42.6 Å². The zero-order valence-electron chi connectivity index (χ0n) is 14.3. The van der Waals surface area contributed by atoms with Gasteiger partial charge in [0.1, 0.15) is 0 Å². The molecule has 2 aromatic carbocycles. The van der Waals surface area contributed by atoms with Crippen LogP contribution in [0.3, 0.4) is 0 Å². The molecule has 1 aromatic heterocycles. The van der Waals surface area contributed by atoms with Gasteiger partial charge in [0.25, 0.3) is 0 Å². The number of phenolic OH excluding ortho intramolecular Hbond substituents is 1. The Balaban J connectivity index is 0.00000261. The van der Waals surface area contributed by atoms with E-state index >= 15 is 0 Å². The van der Waals surface area contributed by atoms with Crippen LogP contribution in [0.15, 0.2) is 71.8 Å². The van der Waals surface area contributed by atoms with Crippen LogP contribution in [0.25, 0.3) is 0 Å². The molecule has 0 aliphatic carbocycles. The van der Waals surface area contributed by atoms with E-state index in [2.05, 4.69) is 9.71 Å². The van der Waals surface area contributed by atoms with Crippen LogP contribution in [0, 0.1) is 0 Å². The predicted molar refractivity (Wildman–Crippen MR) is 110 cm³/mol. The van der Waals surface area contributed by atoms with Gasteiger partial charge in [-0.05, 0) is 0 Å². The molecule has 0 fully saturated rings. The maximum absolute atomic E-state index is 12.7. The number of sulfonamides is 1. The molecule has 0 amide bonds. The van der Waals surface area contributed by atoms with Crippen molar-refractivity contribution in [1.29, 1.82) is 0 Å². The largest absolute Gasteiger partial charge is 0.147 e. The fraction of sp³-hybridized carbons (Fsp3) is 0.0556. The molecule has 3 rings (SSSR count). The second kappa shape index (κ2) is 9.13. The number of aromatic hydroxyl groups is 1. The summed E-state index contributed by atoms with van der Waals surface area (Å²) < 4.78 is 34.7. The number of anilines is 1. The smallest absolute Gasteiger partial charge is 0.147 e. The number of pyridine rings is 1. The molecule has 27 heavy (non-hydrogen) atoms. The average Bonchev–Trinajstić information content (AvgIpc) is 2.65. The number of hydrogen-bond acceptors (Lipinski definition) is 5. The minimum Gasteiger partial charge on any atom is -0.147 e. The van der Waals surface area contributed by atoms with Crippen LogP contribution in [-0.2, 0) is 10.0 Å². The summed E-state index contributed by atoms with van der Waals surface area (Å²) in [6.07, 6.45) is 1.64. The number of rotatable bonds is 6. The second-order valence-electron chi connectivity index (χ2n) is 5.35. The standard InChI is InChI=1S/C18H17AsN2O4S.ClH/c1-25-15-8-10-16(11-9-15)26(23,24)21-17-3-2-12-20-18(17)19-13-4-6-14(22)7-5-13;/h2-12,19,21-22H,1H3;1H. The van der Waals surface area contributed by atoms with Gasteiger partial charge >= 0.3 is 159 Å². The van der Waals surface area contributed by atoms with E-state index in [1.807, 2.05) is 12.1 Å². The SMILES string of the molecule is COc1ccc(S(=O)(=O)Nc2cccnc2[AsH]c2ccc(O)cc2)cc1.Cl. The molecule has 0 bridgehead atoms. The number of phenols is 1. The third kappa shape index (κ3) is 5.39. The molecule has 2 N–H and O–H groups in total. The summed E-state index contributed by atoms with van der Waals surface area (Å²) in [5, 5.41) is 9.39. The zero-order valence-corrected chi connectivity index (χ0v) is 18.0. The van der Waals surface area contributed by atoms with E-state index in [9.17, 15) is 13.5 Å². The molecule has 3 aromatic rings. The Labute approximate surface area is 170 Å². The summed E-state index contributed by atoms with van der Waals surface area (Å²) in [5.41, 5.74) is 0.469. The van der Waals surface area contributed by atoms with Crippen molar-refractivity contribution in [2.24, 2.45) is 0 Å². The van der Waals surface area contributed by atoms with Crippen LogP contribution >= 0.6 is 12.4 Å². The second-order valence-corrected chi connectivity index (χ2v) is 9.76. The Morgan fingerprint density at radius 1 is 1.04 bits per heavy atom. The van der Waals surface area contributed by atoms with Gasteiger partial charge in [-0.3, -0.25) is 0 Å². The monoisotopic (exact) mass is 468 g/mol. The van der Waals surface area contributed by atoms with Crippen LogP contribution in [0.2, 0.25) is 0 Å². The maximum Gasteiger partial charge on any atom is -0.147 e. The molecule has 0 radical (unpaired) electrons. The fourth-order valence-corrected chi connectivity index (χ4v) is 5.64. The van der Waals surface area contributed by atoms with E-state index in [-0.39, 0.29) is 23.1 Å². The number of aromatic nitrogens is 1. The van der Waals surface area contributed by atoms with Gasteiger partial charge in [0.05, 0.1) is 0 Å². The van der Waals surface area contributed by atoms with Gasteiger partial charge < -0.3 is 0 Å². The first kappa shape index (κ1) is 21.1. The Morgan fingerprint density at radius 2 is 1.70 bits per heavy atom. The number of methoxy groups -OCH3 is 1. The Kier molecular flexibility index (Phi) is 7.13. The quantitative estimate of drug-likeness (QED) is 0.534. The van der Waals surface area contributed by atoms with Gasteiger partial charge in [-0.2, -0.15) is 0 Å². The van der Waals surface area contributed by atoms with Crippen molar-refractivity contribution in [3.8, 4) is 11.5 Å². The molecule has 1 heterocycles. The third-order valence-corrected chi connectivity index (χ3v) is 7.57. The van der Waals surface area contributed by atoms with E-state index < -0.39 is 25.8 Å². The normalized spacial score (nSPS) is 11.1. The third-order valence-electron chi connectivity index (χ3n) is 3.55. The molecule has 0 aliphatic heterocycles. The van der Waals surface area contributed by atoms with Crippen molar-refractivity contribution < 1.29 is 18.3 Å². The number of benzene rings is 2. The first-order valence-electron chi connectivity index (χ1n) is 7.66. The van der Waals surface area contributed by atoms with E-state index in [4.69, 9.17) is 4.74 Å². The number of nitrogens with one attached hydrogen (secondary N) is 1. The molecule has 142 valence electrons. The van der Waals surface area contributed by atoms with Crippen LogP contribution in [0.5, 0.6) is 11.5 Å². The Hall–Kier alpha value is -2.21. The Morgan fingerprint density at radius 3 is 2.33 bits per heavy atom. The molecule has 6 nitrogen and oxygen atoms in total. The van der Waals surface area contributed by atoms with Gasteiger partial charge in [-0.1, -0.05) is 0 Å². The van der Waals surface area contributed by atoms with E-state index in [0.717, 1.165) is 8.83 Å². The molecular formula is C18H18AsClN2O4S. The Bertz CT molecular complexity index is 997. The van der Waals surface area contributed by atoms with E-state index in [1.165, 1.54) is 19.2 Å². The van der Waals surface area contributed by atoms with Crippen molar-refractivity contribution in [2.45, 2.75) is 4.90 Å². The van der Waals surface area contributed by atoms with Crippen molar-refractivity contribution in [2.75, 3.05) is 11.8 Å². The summed E-state index contributed by atoms with van der Waals surface area (Å²) in [4.78, 5) is 4.50. The molecule has 0 spiro atoms. The van der Waals surface area contributed by atoms with Gasteiger partial charge in [0, 0.05) is 0 Å². The molecule has 1 atom stereocenters. The number of nitrogens with zero attached hydrogens (tertiary/aromatic N) is 1. The average molecular weight is 469 g/mol. The summed E-state index contributed by atoms with van der Waals surface area (Å²) in [6, 6.07) is 16.5. The summed E-state index contributed by atoms with van der Waals surface area (Å²) in [7, 11) is -2.20. The van der Waals surface area contributed by atoms with Crippen LogP contribution in [-0.4, -0.2) is 41.4 Å².